The molecule has 4 heteroatoms. The fourth-order valence-electron chi connectivity index (χ4n) is 0.896. The van der Waals surface area contributed by atoms with Crippen LogP contribution in [-0.4, -0.2) is 22.7 Å². The van der Waals surface area contributed by atoms with Crippen LogP contribution in [0.4, 0.5) is 0 Å². The minimum absolute atomic E-state index is 0.402. The fourth-order valence-corrected chi connectivity index (χ4v) is 0.896. The minimum Gasteiger partial charge on any atom is -0.386 e. The molecule has 0 saturated carbocycles. The van der Waals surface area contributed by atoms with Crippen molar-refractivity contribution < 1.29 is 10.0 Å². The Hall–Kier alpha value is -0.900. The second-order valence-electron chi connectivity index (χ2n) is 3.51. The Morgan fingerprint density at radius 3 is 2.58 bits per heavy atom. The number of hydrogen-bond donors (Lipinski definition) is 1. The SMILES string of the molecule is C=CCC(C)(C)C(O)C[N+](=O)[O-]. The third-order valence-electron chi connectivity index (χ3n) is 1.89. The zero-order valence-corrected chi connectivity index (χ0v) is 7.49. The van der Waals surface area contributed by atoms with Crippen LogP contribution in [0.5, 0.6) is 0 Å². The van der Waals surface area contributed by atoms with Crippen molar-refractivity contribution in [1.82, 2.24) is 0 Å². The van der Waals surface area contributed by atoms with Crippen molar-refractivity contribution in [3.63, 3.8) is 0 Å². The van der Waals surface area contributed by atoms with E-state index in [1.165, 1.54) is 0 Å². The van der Waals surface area contributed by atoms with E-state index in [2.05, 4.69) is 6.58 Å². The van der Waals surface area contributed by atoms with Crippen LogP contribution in [0.2, 0.25) is 0 Å². The lowest BCUT2D eigenvalue weighted by molar-refractivity contribution is -0.494. The van der Waals surface area contributed by atoms with Gasteiger partial charge in [0.2, 0.25) is 6.54 Å². The number of nitro groups is 1. The van der Waals surface area contributed by atoms with Gasteiger partial charge >= 0.3 is 0 Å². The van der Waals surface area contributed by atoms with Gasteiger partial charge in [-0.25, -0.2) is 0 Å². The summed E-state index contributed by atoms with van der Waals surface area (Å²) in [5, 5.41) is 19.5. The van der Waals surface area contributed by atoms with Crippen LogP contribution in [0.15, 0.2) is 12.7 Å². The number of allylic oxidation sites excluding steroid dienone is 1. The first-order chi connectivity index (χ1) is 5.40. The Labute approximate surface area is 72.1 Å². The van der Waals surface area contributed by atoms with Crippen molar-refractivity contribution in [1.29, 1.82) is 0 Å². The molecule has 0 amide bonds. The van der Waals surface area contributed by atoms with Crippen molar-refractivity contribution in [2.45, 2.75) is 26.4 Å². The summed E-state index contributed by atoms with van der Waals surface area (Å²) in [6.45, 7) is 6.69. The van der Waals surface area contributed by atoms with Gasteiger partial charge in [0.25, 0.3) is 0 Å². The molecule has 0 aromatic carbocycles. The zero-order valence-electron chi connectivity index (χ0n) is 7.49. The molecule has 1 unspecified atom stereocenters. The second kappa shape index (κ2) is 4.21. The smallest absolute Gasteiger partial charge is 0.229 e. The van der Waals surface area contributed by atoms with Gasteiger partial charge in [0, 0.05) is 10.3 Å². The lowest BCUT2D eigenvalue weighted by Crippen LogP contribution is -2.34. The molecular formula is C8H15NO3. The third-order valence-corrected chi connectivity index (χ3v) is 1.89. The first kappa shape index (κ1) is 11.1. The molecule has 0 aliphatic rings. The predicted octanol–water partition coefficient (Wildman–Crippen LogP) is 1.23. The van der Waals surface area contributed by atoms with Gasteiger partial charge in [-0.2, -0.15) is 0 Å². The molecule has 1 atom stereocenters. The first-order valence-corrected chi connectivity index (χ1v) is 3.81. The van der Waals surface area contributed by atoms with Crippen molar-refractivity contribution in [3.05, 3.63) is 22.8 Å². The molecule has 0 bridgehead atoms. The molecule has 12 heavy (non-hydrogen) atoms. The summed E-state index contributed by atoms with van der Waals surface area (Å²) >= 11 is 0. The van der Waals surface area contributed by atoms with Crippen LogP contribution in [0.3, 0.4) is 0 Å². The molecule has 0 fully saturated rings. The highest BCUT2D eigenvalue weighted by Gasteiger charge is 2.30. The van der Waals surface area contributed by atoms with Gasteiger partial charge in [-0.3, -0.25) is 10.1 Å². The topological polar surface area (TPSA) is 63.4 Å². The van der Waals surface area contributed by atoms with Gasteiger partial charge in [-0.05, 0) is 6.42 Å². The lowest BCUT2D eigenvalue weighted by Gasteiger charge is -2.26. The van der Waals surface area contributed by atoms with Gasteiger partial charge < -0.3 is 5.11 Å². The highest BCUT2D eigenvalue weighted by Crippen LogP contribution is 2.25. The van der Waals surface area contributed by atoms with E-state index in [4.69, 9.17) is 0 Å². The lowest BCUT2D eigenvalue weighted by atomic mass is 9.83. The van der Waals surface area contributed by atoms with E-state index >= 15 is 0 Å². The monoisotopic (exact) mass is 173 g/mol. The molecule has 0 aliphatic heterocycles. The summed E-state index contributed by atoms with van der Waals surface area (Å²) < 4.78 is 0. The molecule has 0 saturated heterocycles. The number of aliphatic hydroxyl groups is 1. The molecule has 0 radical (unpaired) electrons. The van der Waals surface area contributed by atoms with Gasteiger partial charge in [-0.1, -0.05) is 19.9 Å². The van der Waals surface area contributed by atoms with Gasteiger partial charge in [0.15, 0.2) is 0 Å². The van der Waals surface area contributed by atoms with Crippen molar-refractivity contribution in [2.75, 3.05) is 6.54 Å². The number of hydrogen-bond acceptors (Lipinski definition) is 3. The maximum atomic E-state index is 10.1. The van der Waals surface area contributed by atoms with Crippen LogP contribution in [0.1, 0.15) is 20.3 Å². The summed E-state index contributed by atoms with van der Waals surface area (Å²) in [6.07, 6.45) is 1.32. The van der Waals surface area contributed by atoms with Crippen LogP contribution >= 0.6 is 0 Å². The molecule has 1 N–H and O–H groups in total. The molecule has 70 valence electrons. The number of rotatable bonds is 5. The Kier molecular flexibility index (Phi) is 3.89. The fraction of sp³-hybridized carbons (Fsp3) is 0.750. The first-order valence-electron chi connectivity index (χ1n) is 3.81. The van der Waals surface area contributed by atoms with Crippen LogP contribution in [0, 0.1) is 15.5 Å². The molecule has 0 rings (SSSR count). The predicted molar refractivity (Wildman–Crippen MR) is 46.5 cm³/mol. The van der Waals surface area contributed by atoms with Gasteiger partial charge in [0.05, 0.1) is 0 Å². The standard InChI is InChI=1S/C8H15NO3/c1-4-5-8(2,3)7(10)6-9(11)12/h4,7,10H,1,5-6H2,2-3H3. The minimum atomic E-state index is -0.912. The van der Waals surface area contributed by atoms with E-state index in [-0.39, 0.29) is 0 Å². The van der Waals surface area contributed by atoms with Crippen molar-refractivity contribution in [3.8, 4) is 0 Å². The molecule has 0 aromatic rings. The summed E-state index contributed by atoms with van der Waals surface area (Å²) in [7, 11) is 0. The van der Waals surface area contributed by atoms with E-state index in [0.29, 0.717) is 6.42 Å². The van der Waals surface area contributed by atoms with E-state index < -0.39 is 23.0 Å². The van der Waals surface area contributed by atoms with Crippen LogP contribution < -0.4 is 0 Å². The summed E-state index contributed by atoms with van der Waals surface area (Å²) in [4.78, 5) is 9.58. The number of aliphatic hydroxyl groups excluding tert-OH is 1. The highest BCUT2D eigenvalue weighted by atomic mass is 16.6. The summed E-state index contributed by atoms with van der Waals surface area (Å²) in [6, 6.07) is 0. The molecule has 0 aromatic heterocycles. The second-order valence-corrected chi connectivity index (χ2v) is 3.51. The molecular weight excluding hydrogens is 158 g/mol. The van der Waals surface area contributed by atoms with E-state index in [1.54, 1.807) is 19.9 Å². The third kappa shape index (κ3) is 3.48. The average Bonchev–Trinajstić information content (AvgIpc) is 1.85. The maximum Gasteiger partial charge on any atom is 0.229 e. The summed E-state index contributed by atoms with van der Waals surface area (Å²) in [5.41, 5.74) is -0.463. The molecule has 0 heterocycles. The maximum absolute atomic E-state index is 10.1. The molecule has 0 spiro atoms. The van der Waals surface area contributed by atoms with Gasteiger partial charge in [-0.15, -0.1) is 6.58 Å². The Bertz CT molecular complexity index is 177. The van der Waals surface area contributed by atoms with E-state index in [0.717, 1.165) is 0 Å². The van der Waals surface area contributed by atoms with Crippen molar-refractivity contribution >= 4 is 0 Å². The quantitative estimate of drug-likeness (QED) is 0.386. The van der Waals surface area contributed by atoms with Crippen LogP contribution in [-0.2, 0) is 0 Å². The normalized spacial score (nSPS) is 13.9. The number of nitrogens with zero attached hydrogens (tertiary/aromatic N) is 1. The Morgan fingerprint density at radius 2 is 2.25 bits per heavy atom. The van der Waals surface area contributed by atoms with Crippen LogP contribution in [0.25, 0.3) is 0 Å². The average molecular weight is 173 g/mol. The molecule has 4 nitrogen and oxygen atoms in total. The zero-order chi connectivity index (χ0) is 9.78. The Morgan fingerprint density at radius 1 is 1.75 bits per heavy atom. The Balaban J connectivity index is 4.13. The highest BCUT2D eigenvalue weighted by molar-refractivity contribution is 4.84. The summed E-state index contributed by atoms with van der Waals surface area (Å²) in [5.74, 6) is 0. The van der Waals surface area contributed by atoms with Gasteiger partial charge in [0.1, 0.15) is 6.10 Å². The molecule has 0 aliphatic carbocycles. The van der Waals surface area contributed by atoms with Crippen molar-refractivity contribution in [2.24, 2.45) is 5.41 Å². The van der Waals surface area contributed by atoms with E-state index in [1.807, 2.05) is 0 Å². The van der Waals surface area contributed by atoms with E-state index in [9.17, 15) is 15.2 Å². The largest absolute Gasteiger partial charge is 0.386 e.